The van der Waals surface area contributed by atoms with Gasteiger partial charge in [0.05, 0.1) is 0 Å². The molecule has 1 saturated carbocycles. The standard InChI is InChI=1S/C20H30N2O2/c1-4-15-11-9-10-14-17(15)22-19(24)20(2,3)18(23)21-16-12-7-5-6-8-13-16/h9-11,14,16H,4-8,12-13H2,1-3H3,(H,21,23)(H,22,24). The van der Waals surface area contributed by atoms with Crippen LogP contribution >= 0.6 is 0 Å². The van der Waals surface area contributed by atoms with E-state index in [4.69, 9.17) is 0 Å². The van der Waals surface area contributed by atoms with Crippen LogP contribution in [0.3, 0.4) is 0 Å². The number of hydrogen-bond acceptors (Lipinski definition) is 2. The fourth-order valence-corrected chi connectivity index (χ4v) is 3.12. The monoisotopic (exact) mass is 330 g/mol. The molecule has 2 rings (SSSR count). The Morgan fingerprint density at radius 1 is 1.04 bits per heavy atom. The Labute approximate surface area is 145 Å². The molecule has 0 atom stereocenters. The third-order valence-corrected chi connectivity index (χ3v) is 4.97. The molecule has 1 aromatic rings. The highest BCUT2D eigenvalue weighted by Crippen LogP contribution is 2.24. The number of rotatable bonds is 5. The number of amides is 2. The van der Waals surface area contributed by atoms with Crippen molar-refractivity contribution in [1.29, 1.82) is 0 Å². The lowest BCUT2D eigenvalue weighted by atomic mass is 9.90. The van der Waals surface area contributed by atoms with Crippen molar-refractivity contribution in [2.24, 2.45) is 5.41 Å². The summed E-state index contributed by atoms with van der Waals surface area (Å²) in [5, 5.41) is 6.03. The van der Waals surface area contributed by atoms with Crippen molar-refractivity contribution < 1.29 is 9.59 Å². The molecule has 0 heterocycles. The number of aryl methyl sites for hydroxylation is 1. The molecule has 1 aliphatic carbocycles. The lowest BCUT2D eigenvalue weighted by Gasteiger charge is -2.26. The van der Waals surface area contributed by atoms with Gasteiger partial charge in [-0.15, -0.1) is 0 Å². The molecule has 0 aliphatic heterocycles. The maximum atomic E-state index is 12.7. The Morgan fingerprint density at radius 3 is 2.29 bits per heavy atom. The molecule has 1 aromatic carbocycles. The number of benzene rings is 1. The summed E-state index contributed by atoms with van der Waals surface area (Å²) in [5.41, 5.74) is 0.777. The first-order chi connectivity index (χ1) is 11.4. The van der Waals surface area contributed by atoms with Crippen LogP contribution in [0.4, 0.5) is 5.69 Å². The lowest BCUT2D eigenvalue weighted by Crippen LogP contribution is -2.48. The number of nitrogens with one attached hydrogen (secondary N) is 2. The quantitative estimate of drug-likeness (QED) is 0.632. The van der Waals surface area contributed by atoms with Gasteiger partial charge in [0.2, 0.25) is 11.8 Å². The van der Waals surface area contributed by atoms with E-state index in [1.807, 2.05) is 24.3 Å². The van der Waals surface area contributed by atoms with Crippen LogP contribution in [-0.2, 0) is 16.0 Å². The van der Waals surface area contributed by atoms with Gasteiger partial charge in [0, 0.05) is 11.7 Å². The first-order valence-electron chi connectivity index (χ1n) is 9.15. The highest BCUT2D eigenvalue weighted by molar-refractivity contribution is 6.10. The molecule has 0 aromatic heterocycles. The van der Waals surface area contributed by atoms with E-state index in [0.29, 0.717) is 0 Å². The van der Waals surface area contributed by atoms with Crippen molar-refractivity contribution in [1.82, 2.24) is 5.32 Å². The minimum Gasteiger partial charge on any atom is -0.352 e. The second kappa shape index (κ2) is 8.32. The maximum absolute atomic E-state index is 12.7. The normalized spacial score (nSPS) is 16.3. The van der Waals surface area contributed by atoms with Gasteiger partial charge in [0.25, 0.3) is 0 Å². The summed E-state index contributed by atoms with van der Waals surface area (Å²) in [6, 6.07) is 7.94. The van der Waals surface area contributed by atoms with Crippen molar-refractivity contribution in [2.75, 3.05) is 5.32 Å². The first kappa shape index (κ1) is 18.5. The van der Waals surface area contributed by atoms with Gasteiger partial charge in [-0.3, -0.25) is 9.59 Å². The molecular weight excluding hydrogens is 300 g/mol. The van der Waals surface area contributed by atoms with Gasteiger partial charge in [-0.1, -0.05) is 50.8 Å². The van der Waals surface area contributed by atoms with Crippen LogP contribution in [0.1, 0.15) is 64.9 Å². The number of anilines is 1. The SMILES string of the molecule is CCc1ccccc1NC(=O)C(C)(C)C(=O)NC1CCCCCC1. The fourth-order valence-electron chi connectivity index (χ4n) is 3.12. The van der Waals surface area contributed by atoms with Gasteiger partial charge in [0.15, 0.2) is 0 Å². The van der Waals surface area contributed by atoms with Crippen LogP contribution in [0.15, 0.2) is 24.3 Å². The Bertz CT molecular complexity index is 573. The van der Waals surface area contributed by atoms with E-state index in [1.54, 1.807) is 13.8 Å². The van der Waals surface area contributed by atoms with E-state index in [0.717, 1.165) is 43.4 Å². The van der Waals surface area contributed by atoms with Crippen molar-refractivity contribution in [3.63, 3.8) is 0 Å². The molecule has 132 valence electrons. The molecule has 0 saturated heterocycles. The molecule has 0 unspecified atom stereocenters. The van der Waals surface area contributed by atoms with Crippen LogP contribution in [-0.4, -0.2) is 17.9 Å². The number of carbonyl (C=O) groups is 2. The Balaban J connectivity index is 2.01. The number of carbonyl (C=O) groups excluding carboxylic acids is 2. The summed E-state index contributed by atoms with van der Waals surface area (Å²) < 4.78 is 0. The Kier molecular flexibility index (Phi) is 6.41. The van der Waals surface area contributed by atoms with Gasteiger partial charge >= 0.3 is 0 Å². The van der Waals surface area contributed by atoms with E-state index < -0.39 is 5.41 Å². The van der Waals surface area contributed by atoms with Crippen molar-refractivity contribution in [3.8, 4) is 0 Å². The summed E-state index contributed by atoms with van der Waals surface area (Å²) in [6.07, 6.45) is 7.66. The van der Waals surface area contributed by atoms with Crippen LogP contribution in [0, 0.1) is 5.41 Å². The van der Waals surface area contributed by atoms with E-state index in [1.165, 1.54) is 12.8 Å². The minimum atomic E-state index is -1.09. The van der Waals surface area contributed by atoms with Crippen LogP contribution in [0.2, 0.25) is 0 Å². The second-order valence-electron chi connectivity index (χ2n) is 7.25. The van der Waals surface area contributed by atoms with Gasteiger partial charge in [-0.25, -0.2) is 0 Å². The van der Waals surface area contributed by atoms with Gasteiger partial charge < -0.3 is 10.6 Å². The smallest absolute Gasteiger partial charge is 0.239 e. The Morgan fingerprint density at radius 2 is 1.67 bits per heavy atom. The number of hydrogen-bond donors (Lipinski definition) is 2. The molecule has 1 aliphatic rings. The molecule has 2 amide bonds. The predicted octanol–water partition coefficient (Wildman–Crippen LogP) is 4.05. The van der Waals surface area contributed by atoms with E-state index in [9.17, 15) is 9.59 Å². The second-order valence-corrected chi connectivity index (χ2v) is 7.25. The van der Waals surface area contributed by atoms with Crippen LogP contribution in [0.5, 0.6) is 0 Å². The predicted molar refractivity (Wildman–Crippen MR) is 97.9 cm³/mol. The average molecular weight is 330 g/mol. The summed E-state index contributed by atoms with van der Waals surface area (Å²) in [5.74, 6) is -0.435. The molecule has 0 radical (unpaired) electrons. The number of para-hydroxylation sites is 1. The first-order valence-corrected chi connectivity index (χ1v) is 9.15. The third-order valence-electron chi connectivity index (χ3n) is 4.97. The molecule has 0 spiro atoms. The van der Waals surface area contributed by atoms with E-state index in [2.05, 4.69) is 17.6 Å². The van der Waals surface area contributed by atoms with E-state index in [-0.39, 0.29) is 17.9 Å². The molecular formula is C20H30N2O2. The highest BCUT2D eigenvalue weighted by Gasteiger charge is 2.37. The Hall–Kier alpha value is -1.84. The van der Waals surface area contributed by atoms with Gasteiger partial charge in [-0.2, -0.15) is 0 Å². The molecule has 1 fully saturated rings. The average Bonchev–Trinajstić information content (AvgIpc) is 2.83. The molecule has 4 nitrogen and oxygen atoms in total. The van der Waals surface area contributed by atoms with Crippen molar-refractivity contribution in [3.05, 3.63) is 29.8 Å². The van der Waals surface area contributed by atoms with Gasteiger partial charge in [-0.05, 0) is 44.7 Å². The zero-order chi connectivity index (χ0) is 17.6. The van der Waals surface area contributed by atoms with Crippen LogP contribution in [0.25, 0.3) is 0 Å². The topological polar surface area (TPSA) is 58.2 Å². The fraction of sp³-hybridized carbons (Fsp3) is 0.600. The van der Waals surface area contributed by atoms with Gasteiger partial charge in [0.1, 0.15) is 5.41 Å². The maximum Gasteiger partial charge on any atom is 0.239 e. The highest BCUT2D eigenvalue weighted by atomic mass is 16.2. The van der Waals surface area contributed by atoms with E-state index >= 15 is 0 Å². The zero-order valence-corrected chi connectivity index (χ0v) is 15.2. The van der Waals surface area contributed by atoms with Crippen molar-refractivity contribution in [2.45, 2.75) is 71.8 Å². The largest absolute Gasteiger partial charge is 0.352 e. The summed E-state index contributed by atoms with van der Waals surface area (Å²) in [4.78, 5) is 25.3. The summed E-state index contributed by atoms with van der Waals surface area (Å²) in [7, 11) is 0. The van der Waals surface area contributed by atoms with Crippen molar-refractivity contribution >= 4 is 17.5 Å². The molecule has 4 heteroatoms. The zero-order valence-electron chi connectivity index (χ0n) is 15.2. The summed E-state index contributed by atoms with van der Waals surface area (Å²) >= 11 is 0. The molecule has 0 bridgehead atoms. The summed E-state index contributed by atoms with van der Waals surface area (Å²) in [6.45, 7) is 5.45. The molecule has 2 N–H and O–H groups in total. The third kappa shape index (κ3) is 4.59. The molecule has 24 heavy (non-hydrogen) atoms. The van der Waals surface area contributed by atoms with Crippen LogP contribution < -0.4 is 10.6 Å². The lowest BCUT2D eigenvalue weighted by molar-refractivity contribution is -0.138. The minimum absolute atomic E-state index is 0.180.